The van der Waals surface area contributed by atoms with E-state index in [9.17, 15) is 9.59 Å². The summed E-state index contributed by atoms with van der Waals surface area (Å²) in [6, 6.07) is 0. The first-order valence-corrected chi connectivity index (χ1v) is 4.83. The van der Waals surface area contributed by atoms with Crippen LogP contribution in [0.2, 0.25) is 0 Å². The van der Waals surface area contributed by atoms with Gasteiger partial charge in [-0.3, -0.25) is 4.79 Å². The lowest BCUT2D eigenvalue weighted by atomic mass is 10.1. The molecule has 82 valence electrons. The number of carbonyl (C=O) groups is 2. The smallest absolute Gasteiger partial charge is 0.349 e. The van der Waals surface area contributed by atoms with Crippen molar-refractivity contribution >= 4 is 11.9 Å². The van der Waals surface area contributed by atoms with Crippen molar-refractivity contribution in [3.05, 3.63) is 0 Å². The summed E-state index contributed by atoms with van der Waals surface area (Å²) in [5.41, 5.74) is -1.18. The highest BCUT2D eigenvalue weighted by Crippen LogP contribution is 2.13. The van der Waals surface area contributed by atoms with Crippen molar-refractivity contribution in [2.75, 3.05) is 6.61 Å². The van der Waals surface area contributed by atoms with Gasteiger partial charge >= 0.3 is 11.9 Å². The van der Waals surface area contributed by atoms with E-state index in [0.717, 1.165) is 0 Å². The molecule has 0 saturated carbocycles. The minimum Gasteiger partial charge on any atom is -0.463 e. The Kier molecular flexibility index (Phi) is 5.20. The lowest BCUT2D eigenvalue weighted by molar-refractivity contribution is -0.178. The van der Waals surface area contributed by atoms with Crippen molar-refractivity contribution in [3.63, 3.8) is 0 Å². The molecule has 0 aliphatic rings. The van der Waals surface area contributed by atoms with Gasteiger partial charge in [0, 0.05) is 6.42 Å². The fourth-order valence-electron chi connectivity index (χ4n) is 0.886. The van der Waals surface area contributed by atoms with Gasteiger partial charge in [-0.05, 0) is 27.2 Å². The number of esters is 2. The highest BCUT2D eigenvalue weighted by atomic mass is 16.6. The normalized spacial score (nSPS) is 10.9. The van der Waals surface area contributed by atoms with Crippen molar-refractivity contribution < 1.29 is 19.1 Å². The van der Waals surface area contributed by atoms with E-state index in [0.29, 0.717) is 12.8 Å². The lowest BCUT2D eigenvalue weighted by Crippen LogP contribution is -2.38. The Morgan fingerprint density at radius 1 is 1.21 bits per heavy atom. The zero-order chi connectivity index (χ0) is 11.2. The number of hydrogen-bond acceptors (Lipinski definition) is 4. The molecule has 4 heteroatoms. The molecule has 0 fully saturated rings. The molecule has 0 amide bonds. The van der Waals surface area contributed by atoms with E-state index in [-0.39, 0.29) is 12.6 Å². The third-order valence-electron chi connectivity index (χ3n) is 1.59. The standard InChI is InChI=1S/C10H18O4/c1-5-7-8(11)14-10(3,4)9(12)13-6-2/h5-7H2,1-4H3. The summed E-state index contributed by atoms with van der Waals surface area (Å²) in [6.45, 7) is 6.92. The van der Waals surface area contributed by atoms with Crippen molar-refractivity contribution in [1.29, 1.82) is 0 Å². The van der Waals surface area contributed by atoms with Crippen molar-refractivity contribution in [3.8, 4) is 0 Å². The molecule has 0 rings (SSSR count). The van der Waals surface area contributed by atoms with E-state index in [1.807, 2.05) is 6.92 Å². The van der Waals surface area contributed by atoms with Gasteiger partial charge in [0.1, 0.15) is 0 Å². The molecule has 0 N–H and O–H groups in total. The van der Waals surface area contributed by atoms with Gasteiger partial charge in [0.2, 0.25) is 5.60 Å². The van der Waals surface area contributed by atoms with Gasteiger partial charge in [0.05, 0.1) is 6.61 Å². The number of hydrogen-bond donors (Lipinski definition) is 0. The average molecular weight is 202 g/mol. The monoisotopic (exact) mass is 202 g/mol. The summed E-state index contributed by atoms with van der Waals surface area (Å²) in [4.78, 5) is 22.4. The fourth-order valence-corrected chi connectivity index (χ4v) is 0.886. The van der Waals surface area contributed by atoms with Crippen LogP contribution in [0.5, 0.6) is 0 Å². The van der Waals surface area contributed by atoms with E-state index in [1.54, 1.807) is 6.92 Å². The molecular formula is C10H18O4. The summed E-state index contributed by atoms with van der Waals surface area (Å²) in [5, 5.41) is 0. The molecule has 0 aliphatic heterocycles. The molecule has 0 atom stereocenters. The van der Waals surface area contributed by atoms with Crippen LogP contribution in [0.4, 0.5) is 0 Å². The largest absolute Gasteiger partial charge is 0.463 e. The Morgan fingerprint density at radius 3 is 2.21 bits per heavy atom. The van der Waals surface area contributed by atoms with Gasteiger partial charge in [-0.2, -0.15) is 0 Å². The third kappa shape index (κ3) is 4.25. The topological polar surface area (TPSA) is 52.6 Å². The molecule has 0 aromatic heterocycles. The Morgan fingerprint density at radius 2 is 1.79 bits per heavy atom. The second-order valence-electron chi connectivity index (χ2n) is 3.45. The quantitative estimate of drug-likeness (QED) is 0.636. The number of rotatable bonds is 5. The van der Waals surface area contributed by atoms with Gasteiger partial charge in [-0.25, -0.2) is 4.79 Å². The lowest BCUT2D eigenvalue weighted by Gasteiger charge is -2.22. The zero-order valence-electron chi connectivity index (χ0n) is 9.25. The molecule has 0 aliphatic carbocycles. The maximum absolute atomic E-state index is 11.3. The van der Waals surface area contributed by atoms with Crippen molar-refractivity contribution in [2.24, 2.45) is 0 Å². The molecule has 0 saturated heterocycles. The Hall–Kier alpha value is -1.06. The molecule has 0 bridgehead atoms. The molecular weight excluding hydrogens is 184 g/mol. The van der Waals surface area contributed by atoms with Gasteiger partial charge in [0.25, 0.3) is 0 Å². The molecule has 0 aromatic carbocycles. The van der Waals surface area contributed by atoms with Gasteiger partial charge in [0.15, 0.2) is 0 Å². The summed E-state index contributed by atoms with van der Waals surface area (Å²) < 4.78 is 9.75. The van der Waals surface area contributed by atoms with Gasteiger partial charge < -0.3 is 9.47 Å². The minimum atomic E-state index is -1.18. The van der Waals surface area contributed by atoms with Crippen LogP contribution in [0.25, 0.3) is 0 Å². The van der Waals surface area contributed by atoms with Crippen LogP contribution in [0.1, 0.15) is 40.5 Å². The van der Waals surface area contributed by atoms with E-state index in [4.69, 9.17) is 9.47 Å². The molecule has 4 nitrogen and oxygen atoms in total. The SMILES string of the molecule is CCCC(=O)OC(C)(C)C(=O)OCC. The number of carbonyl (C=O) groups excluding carboxylic acids is 2. The summed E-state index contributed by atoms with van der Waals surface area (Å²) in [7, 11) is 0. The Bertz CT molecular complexity index is 208. The first-order valence-electron chi connectivity index (χ1n) is 4.83. The first-order chi connectivity index (χ1) is 6.44. The van der Waals surface area contributed by atoms with E-state index < -0.39 is 11.6 Å². The molecule has 0 aromatic rings. The second kappa shape index (κ2) is 5.62. The predicted molar refractivity (Wildman–Crippen MR) is 51.7 cm³/mol. The maximum atomic E-state index is 11.3. The highest BCUT2D eigenvalue weighted by Gasteiger charge is 2.33. The van der Waals surface area contributed by atoms with Crippen LogP contribution in [0, 0.1) is 0 Å². The first kappa shape index (κ1) is 12.9. The fraction of sp³-hybridized carbons (Fsp3) is 0.800. The van der Waals surface area contributed by atoms with Gasteiger partial charge in [-0.1, -0.05) is 6.92 Å². The molecule has 0 radical (unpaired) electrons. The average Bonchev–Trinajstić information content (AvgIpc) is 2.03. The van der Waals surface area contributed by atoms with Crippen LogP contribution >= 0.6 is 0 Å². The summed E-state index contributed by atoms with van der Waals surface area (Å²) in [5.74, 6) is -0.880. The van der Waals surface area contributed by atoms with Crippen LogP contribution in [0.15, 0.2) is 0 Å². The van der Waals surface area contributed by atoms with E-state index in [1.165, 1.54) is 13.8 Å². The van der Waals surface area contributed by atoms with E-state index in [2.05, 4.69) is 0 Å². The molecule has 0 spiro atoms. The highest BCUT2D eigenvalue weighted by molar-refractivity contribution is 5.82. The summed E-state index contributed by atoms with van der Waals surface area (Å²) in [6.07, 6.45) is 1.03. The second-order valence-corrected chi connectivity index (χ2v) is 3.45. The zero-order valence-corrected chi connectivity index (χ0v) is 9.25. The Labute approximate surface area is 84.6 Å². The summed E-state index contributed by atoms with van der Waals surface area (Å²) >= 11 is 0. The van der Waals surface area contributed by atoms with Gasteiger partial charge in [-0.15, -0.1) is 0 Å². The molecule has 0 heterocycles. The number of ether oxygens (including phenoxy) is 2. The van der Waals surface area contributed by atoms with Crippen molar-refractivity contribution in [1.82, 2.24) is 0 Å². The van der Waals surface area contributed by atoms with Crippen molar-refractivity contribution in [2.45, 2.75) is 46.1 Å². The van der Waals surface area contributed by atoms with Crippen LogP contribution in [0.3, 0.4) is 0 Å². The molecule has 14 heavy (non-hydrogen) atoms. The third-order valence-corrected chi connectivity index (χ3v) is 1.59. The van der Waals surface area contributed by atoms with Crippen LogP contribution < -0.4 is 0 Å². The molecule has 0 unspecified atom stereocenters. The van der Waals surface area contributed by atoms with E-state index >= 15 is 0 Å². The predicted octanol–water partition coefficient (Wildman–Crippen LogP) is 1.67. The minimum absolute atomic E-state index is 0.285. The maximum Gasteiger partial charge on any atom is 0.349 e. The van der Waals surface area contributed by atoms with Crippen LogP contribution in [-0.2, 0) is 19.1 Å². The Balaban J connectivity index is 4.18. The van der Waals surface area contributed by atoms with Crippen LogP contribution in [-0.4, -0.2) is 24.1 Å².